The Kier molecular flexibility index (Phi) is 3.35. The zero-order valence-corrected chi connectivity index (χ0v) is 11.7. The van der Waals surface area contributed by atoms with E-state index in [9.17, 15) is 9.90 Å². The fraction of sp³-hybridized carbons (Fsp3) is 0.273. The molecular weight excluding hydrogens is 304 g/mol. The molecule has 0 amide bonds. The van der Waals surface area contributed by atoms with Crippen molar-refractivity contribution in [2.75, 3.05) is 0 Å². The monoisotopic (exact) mass is 314 g/mol. The van der Waals surface area contributed by atoms with E-state index in [1.165, 1.54) is 11.3 Å². The van der Waals surface area contributed by atoms with Gasteiger partial charge in [0.2, 0.25) is 5.88 Å². The first-order valence-electron chi connectivity index (χ1n) is 5.06. The predicted molar refractivity (Wildman–Crippen MR) is 71.6 cm³/mol. The average molecular weight is 315 g/mol. The number of hydrogen-bond donors (Lipinski definition) is 2. The van der Waals surface area contributed by atoms with E-state index in [1.807, 2.05) is 25.3 Å². The highest BCUT2D eigenvalue weighted by Crippen LogP contribution is 2.29. The van der Waals surface area contributed by atoms with Gasteiger partial charge < -0.3 is 10.1 Å². The molecule has 0 fully saturated rings. The number of H-pyrrole nitrogens is 1. The zero-order valence-electron chi connectivity index (χ0n) is 9.32. The van der Waals surface area contributed by atoms with Gasteiger partial charge in [-0.05, 0) is 27.9 Å². The molecular formula is C11H11BrN2O2S. The van der Waals surface area contributed by atoms with Crippen molar-refractivity contribution >= 4 is 27.3 Å². The molecule has 0 aromatic carbocycles. The highest BCUT2D eigenvalue weighted by molar-refractivity contribution is 9.10. The van der Waals surface area contributed by atoms with Gasteiger partial charge in [-0.25, -0.2) is 0 Å². The molecule has 0 bridgehead atoms. The van der Waals surface area contributed by atoms with Gasteiger partial charge in [0.1, 0.15) is 0 Å². The van der Waals surface area contributed by atoms with Gasteiger partial charge in [0.05, 0.1) is 10.4 Å². The van der Waals surface area contributed by atoms with Crippen LogP contribution in [0.3, 0.4) is 0 Å². The van der Waals surface area contributed by atoms with E-state index in [0.717, 1.165) is 9.35 Å². The number of nitrogens with one attached hydrogen (secondary N) is 1. The second-order valence-corrected chi connectivity index (χ2v) is 5.76. The van der Waals surface area contributed by atoms with E-state index in [-0.39, 0.29) is 17.4 Å². The third-order valence-corrected chi connectivity index (χ3v) is 4.01. The fourth-order valence-corrected chi connectivity index (χ4v) is 2.92. The average Bonchev–Trinajstić information content (AvgIpc) is 2.63. The zero-order chi connectivity index (χ0) is 12.6. The summed E-state index contributed by atoms with van der Waals surface area (Å²) in [5.74, 6) is 0.145. The number of hydrogen-bond acceptors (Lipinski definition) is 4. The van der Waals surface area contributed by atoms with E-state index in [0.29, 0.717) is 11.4 Å². The van der Waals surface area contributed by atoms with E-state index < -0.39 is 0 Å². The first-order valence-corrected chi connectivity index (χ1v) is 6.74. The van der Waals surface area contributed by atoms with Crippen molar-refractivity contribution in [2.24, 2.45) is 0 Å². The van der Waals surface area contributed by atoms with Crippen molar-refractivity contribution < 1.29 is 5.11 Å². The van der Waals surface area contributed by atoms with Gasteiger partial charge >= 0.3 is 0 Å². The molecule has 0 aliphatic carbocycles. The van der Waals surface area contributed by atoms with E-state index in [1.54, 1.807) is 0 Å². The Balaban J connectivity index is 2.57. The molecule has 2 aromatic heterocycles. The van der Waals surface area contributed by atoms with Crippen LogP contribution < -0.4 is 5.56 Å². The van der Waals surface area contributed by atoms with Crippen LogP contribution in [0.4, 0.5) is 0 Å². The molecule has 0 unspecified atom stereocenters. The Morgan fingerprint density at radius 2 is 2.24 bits per heavy atom. The van der Waals surface area contributed by atoms with Gasteiger partial charge in [-0.15, -0.1) is 11.3 Å². The maximum Gasteiger partial charge on any atom is 0.258 e. The number of nitrogens with zero attached hydrogens (tertiary/aromatic N) is 1. The lowest BCUT2D eigenvalue weighted by atomic mass is 10.1. The van der Waals surface area contributed by atoms with Crippen LogP contribution in [0, 0.1) is 0 Å². The lowest BCUT2D eigenvalue weighted by Gasteiger charge is -2.07. The Morgan fingerprint density at radius 1 is 1.53 bits per heavy atom. The summed E-state index contributed by atoms with van der Waals surface area (Å²) in [5, 5.41) is 11.7. The third kappa shape index (κ3) is 2.42. The van der Waals surface area contributed by atoms with Crippen LogP contribution >= 0.6 is 27.3 Å². The van der Waals surface area contributed by atoms with E-state index in [4.69, 9.17) is 0 Å². The Hall–Kier alpha value is -1.14. The summed E-state index contributed by atoms with van der Waals surface area (Å²) in [4.78, 5) is 19.3. The molecule has 0 aliphatic rings. The van der Waals surface area contributed by atoms with E-state index >= 15 is 0 Å². The standard InChI is InChI=1S/C11H11BrN2O2S/c1-5(2)8-10(15)13-9(14-11(8)16)7-3-6(12)4-17-7/h3-5H,1-2H3,(H2,13,14,15,16). The summed E-state index contributed by atoms with van der Waals surface area (Å²) in [6, 6.07) is 1.84. The summed E-state index contributed by atoms with van der Waals surface area (Å²) < 4.78 is 0.924. The highest BCUT2D eigenvalue weighted by atomic mass is 79.9. The number of aromatic amines is 1. The van der Waals surface area contributed by atoms with Crippen molar-refractivity contribution in [3.05, 3.63) is 31.8 Å². The number of halogens is 1. The molecule has 6 heteroatoms. The Morgan fingerprint density at radius 3 is 2.71 bits per heavy atom. The van der Waals surface area contributed by atoms with Crippen molar-refractivity contribution in [3.63, 3.8) is 0 Å². The first kappa shape index (κ1) is 12.3. The van der Waals surface area contributed by atoms with Gasteiger partial charge in [-0.1, -0.05) is 13.8 Å². The number of thiophene rings is 1. The highest BCUT2D eigenvalue weighted by Gasteiger charge is 2.15. The number of aromatic nitrogens is 2. The minimum atomic E-state index is -0.285. The lowest BCUT2D eigenvalue weighted by Crippen LogP contribution is -2.16. The van der Waals surface area contributed by atoms with Gasteiger partial charge in [0.25, 0.3) is 5.56 Å². The molecule has 90 valence electrons. The SMILES string of the molecule is CC(C)c1c(O)nc(-c2cc(Br)cs2)[nH]c1=O. The van der Waals surface area contributed by atoms with Crippen LogP contribution in [0.5, 0.6) is 5.88 Å². The molecule has 2 heterocycles. The van der Waals surface area contributed by atoms with E-state index in [2.05, 4.69) is 25.9 Å². The number of aromatic hydroxyl groups is 1. The van der Waals surface area contributed by atoms with Crippen LogP contribution in [-0.2, 0) is 0 Å². The topological polar surface area (TPSA) is 66.0 Å². The van der Waals surface area contributed by atoms with Crippen LogP contribution in [0.1, 0.15) is 25.3 Å². The minimum Gasteiger partial charge on any atom is -0.493 e. The molecule has 4 nitrogen and oxygen atoms in total. The van der Waals surface area contributed by atoms with Gasteiger partial charge in [-0.2, -0.15) is 4.98 Å². The summed E-state index contributed by atoms with van der Waals surface area (Å²) >= 11 is 4.78. The second-order valence-electron chi connectivity index (χ2n) is 3.94. The number of rotatable bonds is 2. The van der Waals surface area contributed by atoms with Crippen LogP contribution in [-0.4, -0.2) is 15.1 Å². The molecule has 0 atom stereocenters. The smallest absolute Gasteiger partial charge is 0.258 e. The van der Waals surface area contributed by atoms with Crippen LogP contribution in [0.15, 0.2) is 20.7 Å². The molecule has 2 N–H and O–H groups in total. The fourth-order valence-electron chi connectivity index (χ4n) is 1.54. The molecule has 0 radical (unpaired) electrons. The first-order chi connectivity index (χ1) is 7.99. The molecule has 2 rings (SSSR count). The van der Waals surface area contributed by atoms with Gasteiger partial charge in [0.15, 0.2) is 5.82 Å². The molecule has 0 saturated carbocycles. The summed E-state index contributed by atoms with van der Waals surface area (Å²) in [5.41, 5.74) is 0.0383. The van der Waals surface area contributed by atoms with Crippen LogP contribution in [0.2, 0.25) is 0 Å². The maximum absolute atomic E-state index is 11.8. The second kappa shape index (κ2) is 4.62. The third-order valence-electron chi connectivity index (χ3n) is 2.31. The normalized spacial score (nSPS) is 11.1. The molecule has 0 aliphatic heterocycles. The van der Waals surface area contributed by atoms with Crippen LogP contribution in [0.25, 0.3) is 10.7 Å². The van der Waals surface area contributed by atoms with Crippen molar-refractivity contribution in [1.29, 1.82) is 0 Å². The largest absolute Gasteiger partial charge is 0.493 e. The van der Waals surface area contributed by atoms with Crippen molar-refractivity contribution in [3.8, 4) is 16.6 Å². The van der Waals surface area contributed by atoms with Crippen molar-refractivity contribution in [1.82, 2.24) is 9.97 Å². The predicted octanol–water partition coefficient (Wildman–Crippen LogP) is 3.09. The maximum atomic E-state index is 11.8. The molecule has 17 heavy (non-hydrogen) atoms. The van der Waals surface area contributed by atoms with Gasteiger partial charge in [0, 0.05) is 9.85 Å². The van der Waals surface area contributed by atoms with Crippen molar-refractivity contribution in [2.45, 2.75) is 19.8 Å². The quantitative estimate of drug-likeness (QED) is 0.895. The molecule has 2 aromatic rings. The summed E-state index contributed by atoms with van der Waals surface area (Å²) in [6.07, 6.45) is 0. The van der Waals surface area contributed by atoms with Gasteiger partial charge in [-0.3, -0.25) is 4.79 Å². The Labute approximate surface area is 110 Å². The molecule has 0 saturated heterocycles. The summed E-state index contributed by atoms with van der Waals surface area (Å²) in [6.45, 7) is 3.68. The minimum absolute atomic E-state index is 0.0598. The summed E-state index contributed by atoms with van der Waals surface area (Å²) in [7, 11) is 0. The molecule has 0 spiro atoms. The lowest BCUT2D eigenvalue weighted by molar-refractivity contribution is 0.440. The Bertz CT molecular complexity index is 604.